The van der Waals surface area contributed by atoms with Crippen LogP contribution in [0.1, 0.15) is 36.2 Å². The standard InChI is InChI=1S/C25H24N8O3/c1-4-36-25(35)19-13-22(33-21(31-19)8-11-28-33)30-16-6-7-20-17(12-16)18(14-23(34)32(20)3)29-15(2)24-26-9-5-10-27-24/h5-15,29-30H,4H2,1-3H3. The topological polar surface area (TPSA) is 128 Å². The molecule has 2 N–H and O–H groups in total. The lowest BCUT2D eigenvalue weighted by molar-refractivity contribution is 0.0519. The molecule has 11 nitrogen and oxygen atoms in total. The Bertz CT molecular complexity index is 1630. The highest BCUT2D eigenvalue weighted by atomic mass is 16.5. The van der Waals surface area contributed by atoms with Crippen molar-refractivity contribution < 1.29 is 9.53 Å². The lowest BCUT2D eigenvalue weighted by atomic mass is 10.1. The van der Waals surface area contributed by atoms with Crippen molar-refractivity contribution in [1.29, 1.82) is 0 Å². The van der Waals surface area contributed by atoms with Crippen molar-refractivity contribution >= 4 is 39.7 Å². The molecular formula is C25H24N8O3. The number of rotatable bonds is 7. The number of ether oxygens (including phenoxy) is 1. The fourth-order valence-electron chi connectivity index (χ4n) is 3.95. The first-order valence-corrected chi connectivity index (χ1v) is 11.4. The van der Waals surface area contributed by atoms with Crippen LogP contribution in [0, 0.1) is 0 Å². The van der Waals surface area contributed by atoms with Crippen molar-refractivity contribution in [1.82, 2.24) is 29.1 Å². The van der Waals surface area contributed by atoms with E-state index in [-0.39, 0.29) is 23.9 Å². The summed E-state index contributed by atoms with van der Waals surface area (Å²) in [7, 11) is 1.73. The molecule has 1 atom stereocenters. The Labute approximate surface area is 205 Å². The smallest absolute Gasteiger partial charge is 0.357 e. The minimum absolute atomic E-state index is 0.140. The summed E-state index contributed by atoms with van der Waals surface area (Å²) in [6.07, 6.45) is 4.97. The van der Waals surface area contributed by atoms with Gasteiger partial charge in [0, 0.05) is 54.4 Å². The second kappa shape index (κ2) is 9.45. The Morgan fingerprint density at radius 3 is 2.69 bits per heavy atom. The van der Waals surface area contributed by atoms with Crippen LogP contribution in [0.5, 0.6) is 0 Å². The highest BCUT2D eigenvalue weighted by Crippen LogP contribution is 2.29. The van der Waals surface area contributed by atoms with Crippen molar-refractivity contribution in [2.75, 3.05) is 17.2 Å². The average molecular weight is 485 g/mol. The maximum atomic E-state index is 12.6. The van der Waals surface area contributed by atoms with Gasteiger partial charge in [-0.15, -0.1) is 0 Å². The Balaban J connectivity index is 1.56. The molecule has 0 aliphatic rings. The molecular weight excluding hydrogens is 460 g/mol. The molecule has 36 heavy (non-hydrogen) atoms. The minimum atomic E-state index is -0.513. The maximum Gasteiger partial charge on any atom is 0.357 e. The number of esters is 1. The number of aryl methyl sites for hydroxylation is 1. The van der Waals surface area contributed by atoms with Gasteiger partial charge in [-0.2, -0.15) is 9.61 Å². The zero-order valence-electron chi connectivity index (χ0n) is 20.0. The SMILES string of the molecule is CCOC(=O)c1cc(Nc2ccc3c(c2)c(NC(C)c2ncccn2)cc(=O)n3C)n2nccc2n1. The molecule has 4 aromatic heterocycles. The number of fused-ring (bicyclic) bond motifs is 2. The van der Waals surface area contributed by atoms with Gasteiger partial charge in [-0.3, -0.25) is 4.79 Å². The number of pyridine rings is 1. The summed E-state index contributed by atoms with van der Waals surface area (Å²) in [6.45, 7) is 3.93. The van der Waals surface area contributed by atoms with Crippen LogP contribution in [0.15, 0.2) is 65.8 Å². The van der Waals surface area contributed by atoms with E-state index < -0.39 is 5.97 Å². The second-order valence-electron chi connectivity index (χ2n) is 8.13. The van der Waals surface area contributed by atoms with Gasteiger partial charge in [-0.05, 0) is 38.1 Å². The highest BCUT2D eigenvalue weighted by molar-refractivity contribution is 5.94. The first kappa shape index (κ1) is 23.0. The normalized spacial score (nSPS) is 12.0. The first-order chi connectivity index (χ1) is 17.4. The molecule has 5 aromatic rings. The van der Waals surface area contributed by atoms with E-state index in [9.17, 15) is 9.59 Å². The maximum absolute atomic E-state index is 12.6. The molecule has 1 unspecified atom stereocenters. The lowest BCUT2D eigenvalue weighted by Crippen LogP contribution is -2.19. The molecule has 0 radical (unpaired) electrons. The summed E-state index contributed by atoms with van der Waals surface area (Å²) in [5.41, 5.74) is 2.68. The van der Waals surface area contributed by atoms with Gasteiger partial charge in [0.25, 0.3) is 5.56 Å². The Morgan fingerprint density at radius 1 is 1.11 bits per heavy atom. The zero-order chi connectivity index (χ0) is 25.2. The molecule has 11 heteroatoms. The number of hydrogen-bond donors (Lipinski definition) is 2. The van der Waals surface area contributed by atoms with Gasteiger partial charge in [-0.1, -0.05) is 0 Å². The zero-order valence-corrected chi connectivity index (χ0v) is 20.0. The highest BCUT2D eigenvalue weighted by Gasteiger charge is 2.16. The van der Waals surface area contributed by atoms with E-state index in [1.165, 1.54) is 0 Å². The third-order valence-electron chi connectivity index (χ3n) is 5.71. The monoisotopic (exact) mass is 484 g/mol. The summed E-state index contributed by atoms with van der Waals surface area (Å²) in [4.78, 5) is 37.9. The van der Waals surface area contributed by atoms with Crippen LogP contribution in [0.3, 0.4) is 0 Å². The molecule has 0 saturated heterocycles. The van der Waals surface area contributed by atoms with Crippen LogP contribution in [0.2, 0.25) is 0 Å². The van der Waals surface area contributed by atoms with E-state index in [4.69, 9.17) is 4.74 Å². The molecule has 0 saturated carbocycles. The molecule has 182 valence electrons. The number of hydrogen-bond acceptors (Lipinski definition) is 9. The molecule has 1 aromatic carbocycles. The van der Waals surface area contributed by atoms with Gasteiger partial charge >= 0.3 is 5.97 Å². The van der Waals surface area contributed by atoms with Gasteiger partial charge in [0.15, 0.2) is 11.3 Å². The Morgan fingerprint density at radius 2 is 1.92 bits per heavy atom. The molecule has 0 aliphatic heterocycles. The Kier molecular flexibility index (Phi) is 6.03. The van der Waals surface area contributed by atoms with Crippen LogP contribution < -0.4 is 16.2 Å². The molecule has 0 amide bonds. The van der Waals surface area contributed by atoms with Gasteiger partial charge in [0.1, 0.15) is 11.6 Å². The van der Waals surface area contributed by atoms with E-state index in [1.54, 1.807) is 65.9 Å². The van der Waals surface area contributed by atoms with Gasteiger partial charge in [-0.25, -0.2) is 19.7 Å². The number of carbonyl (C=O) groups excluding carboxylic acids is 1. The van der Waals surface area contributed by atoms with Crippen molar-refractivity contribution in [2.24, 2.45) is 7.05 Å². The quantitative estimate of drug-likeness (QED) is 0.334. The molecule has 4 heterocycles. The summed E-state index contributed by atoms with van der Waals surface area (Å²) < 4.78 is 8.31. The number of carbonyl (C=O) groups is 1. The van der Waals surface area contributed by atoms with E-state index >= 15 is 0 Å². The van der Waals surface area contributed by atoms with Crippen LogP contribution in [0.25, 0.3) is 16.6 Å². The van der Waals surface area contributed by atoms with Crippen molar-refractivity contribution in [3.05, 3.63) is 82.9 Å². The van der Waals surface area contributed by atoms with Gasteiger partial charge in [0.05, 0.1) is 24.4 Å². The fraction of sp³-hybridized carbons (Fsp3) is 0.200. The van der Waals surface area contributed by atoms with Gasteiger partial charge in [0.2, 0.25) is 0 Å². The second-order valence-corrected chi connectivity index (χ2v) is 8.13. The summed E-state index contributed by atoms with van der Waals surface area (Å²) in [5.74, 6) is 0.643. The van der Waals surface area contributed by atoms with Gasteiger partial charge < -0.3 is 19.9 Å². The molecule has 0 spiro atoms. The number of nitrogens with one attached hydrogen (secondary N) is 2. The number of aromatic nitrogens is 6. The minimum Gasteiger partial charge on any atom is -0.461 e. The number of nitrogens with zero attached hydrogens (tertiary/aromatic N) is 6. The number of benzene rings is 1. The lowest BCUT2D eigenvalue weighted by Gasteiger charge is -2.18. The van der Waals surface area contributed by atoms with Crippen molar-refractivity contribution in [2.45, 2.75) is 19.9 Å². The fourth-order valence-corrected chi connectivity index (χ4v) is 3.95. The molecule has 0 aliphatic carbocycles. The summed E-state index contributed by atoms with van der Waals surface area (Å²) in [6, 6.07) is 12.0. The van der Waals surface area contributed by atoms with Crippen LogP contribution in [-0.4, -0.2) is 41.7 Å². The molecule has 0 bridgehead atoms. The van der Waals surface area contributed by atoms with Crippen LogP contribution in [0.4, 0.5) is 17.2 Å². The van der Waals surface area contributed by atoms with E-state index in [0.717, 1.165) is 16.6 Å². The molecule has 5 rings (SSSR count). The van der Waals surface area contributed by atoms with Crippen LogP contribution >= 0.6 is 0 Å². The first-order valence-electron chi connectivity index (χ1n) is 11.4. The van der Waals surface area contributed by atoms with Crippen LogP contribution in [-0.2, 0) is 11.8 Å². The predicted molar refractivity (Wildman–Crippen MR) is 135 cm³/mol. The largest absolute Gasteiger partial charge is 0.461 e. The summed E-state index contributed by atoms with van der Waals surface area (Å²) >= 11 is 0. The average Bonchev–Trinajstić information content (AvgIpc) is 3.37. The third kappa shape index (κ3) is 4.33. The van der Waals surface area contributed by atoms with Crippen molar-refractivity contribution in [3.63, 3.8) is 0 Å². The van der Waals surface area contributed by atoms with E-state index in [2.05, 4.69) is 30.7 Å². The van der Waals surface area contributed by atoms with Crippen molar-refractivity contribution in [3.8, 4) is 0 Å². The third-order valence-corrected chi connectivity index (χ3v) is 5.71. The Hall–Kier alpha value is -4.80. The number of anilines is 3. The molecule has 0 fully saturated rings. The predicted octanol–water partition coefficient (Wildman–Crippen LogP) is 3.46. The van der Waals surface area contributed by atoms with E-state index in [0.29, 0.717) is 23.0 Å². The van der Waals surface area contributed by atoms with E-state index in [1.807, 2.05) is 25.1 Å². The summed E-state index contributed by atoms with van der Waals surface area (Å²) in [5, 5.41) is 11.8.